The Balaban J connectivity index is 2.84. The third-order valence-electron chi connectivity index (χ3n) is 2.64. The number of benzene rings is 1. The topological polar surface area (TPSA) is 49.3 Å². The van der Waals surface area contributed by atoms with E-state index in [4.69, 9.17) is 0 Å². The molecule has 19 heavy (non-hydrogen) atoms. The zero-order chi connectivity index (χ0) is 14.8. The van der Waals surface area contributed by atoms with Gasteiger partial charge in [-0.3, -0.25) is 4.79 Å². The van der Waals surface area contributed by atoms with Gasteiger partial charge >= 0.3 is 0 Å². The summed E-state index contributed by atoms with van der Waals surface area (Å²) in [6, 6.07) is 2.70. The van der Waals surface area contributed by atoms with Crippen LogP contribution < -0.4 is 5.32 Å². The molecule has 1 amide bonds. The first kappa shape index (κ1) is 15.5. The van der Waals surface area contributed by atoms with Crippen molar-refractivity contribution in [1.82, 2.24) is 5.32 Å². The van der Waals surface area contributed by atoms with E-state index in [1.54, 1.807) is 0 Å². The third-order valence-corrected chi connectivity index (χ3v) is 2.64. The van der Waals surface area contributed by atoms with Crippen molar-refractivity contribution in [2.24, 2.45) is 0 Å². The Morgan fingerprint density at radius 1 is 1.32 bits per heavy atom. The van der Waals surface area contributed by atoms with Crippen molar-refractivity contribution >= 4 is 5.91 Å². The molecule has 0 fully saturated rings. The summed E-state index contributed by atoms with van der Waals surface area (Å²) in [6.07, 6.45) is 0. The van der Waals surface area contributed by atoms with Gasteiger partial charge in [-0.2, -0.15) is 0 Å². The van der Waals surface area contributed by atoms with E-state index in [0.717, 1.165) is 26.0 Å². The Kier molecular flexibility index (Phi) is 4.25. The minimum atomic E-state index is -2.10. The van der Waals surface area contributed by atoms with Crippen LogP contribution in [0.15, 0.2) is 18.2 Å². The number of halogens is 3. The fourth-order valence-electron chi connectivity index (χ4n) is 1.48. The van der Waals surface area contributed by atoms with Gasteiger partial charge in [-0.25, -0.2) is 13.2 Å². The molecule has 0 aromatic heterocycles. The molecule has 2 N–H and O–H groups in total. The zero-order valence-corrected chi connectivity index (χ0v) is 10.9. The van der Waals surface area contributed by atoms with Crippen LogP contribution in [0.4, 0.5) is 13.2 Å². The lowest BCUT2D eigenvalue weighted by Gasteiger charge is -2.26. The van der Waals surface area contributed by atoms with Crippen molar-refractivity contribution in [3.8, 4) is 0 Å². The van der Waals surface area contributed by atoms with Crippen LogP contribution in [0.25, 0.3) is 0 Å². The summed E-state index contributed by atoms with van der Waals surface area (Å²) in [6.45, 7) is 2.99. The Morgan fingerprint density at radius 2 is 1.89 bits per heavy atom. The summed E-state index contributed by atoms with van der Waals surface area (Å²) in [5.74, 6) is -2.62. The Labute approximate surface area is 109 Å². The molecule has 1 atom stereocenters. The molecule has 0 saturated heterocycles. The first-order chi connectivity index (χ1) is 8.54. The van der Waals surface area contributed by atoms with Gasteiger partial charge < -0.3 is 10.4 Å². The van der Waals surface area contributed by atoms with E-state index in [0.29, 0.717) is 6.07 Å². The molecule has 6 heteroatoms. The number of hydrogen-bond donors (Lipinski definition) is 2. The van der Waals surface area contributed by atoms with Crippen LogP contribution in [0.2, 0.25) is 0 Å². The first-order valence-electron chi connectivity index (χ1n) is 5.69. The molecule has 0 radical (unpaired) electrons. The van der Waals surface area contributed by atoms with Gasteiger partial charge in [-0.15, -0.1) is 0 Å². The van der Waals surface area contributed by atoms with Crippen LogP contribution >= 0.6 is 0 Å². The highest BCUT2D eigenvalue weighted by Gasteiger charge is 2.31. The van der Waals surface area contributed by atoms with Gasteiger partial charge in [0, 0.05) is 11.6 Å². The summed E-state index contributed by atoms with van der Waals surface area (Å²) in [4.78, 5) is 11.3. The van der Waals surface area contributed by atoms with Crippen molar-refractivity contribution in [2.45, 2.75) is 32.0 Å². The number of carbonyl (C=O) groups excluding carboxylic acids is 1. The molecule has 0 aliphatic rings. The number of hydrogen-bond acceptors (Lipinski definition) is 2. The molecule has 0 aliphatic heterocycles. The maximum Gasteiger partial charge on any atom is 0.257 e. The Hall–Kier alpha value is -1.56. The van der Waals surface area contributed by atoms with Gasteiger partial charge in [0.1, 0.15) is 17.2 Å². The normalized spacial score (nSPS) is 14.9. The number of aliphatic hydroxyl groups is 1. The minimum absolute atomic E-state index is 0.175. The van der Waals surface area contributed by atoms with E-state index in [1.165, 1.54) is 6.92 Å². The van der Waals surface area contributed by atoms with Crippen LogP contribution in [0.1, 0.15) is 26.3 Å². The number of carbonyl (C=O) groups is 1. The second-order valence-corrected chi connectivity index (χ2v) is 5.05. The van der Waals surface area contributed by atoms with E-state index >= 15 is 0 Å². The number of nitrogens with one attached hydrogen (secondary N) is 1. The molecule has 1 aromatic rings. The number of amides is 1. The molecular formula is C13H16F3NO2. The van der Waals surface area contributed by atoms with Crippen LogP contribution in [0.3, 0.4) is 0 Å². The fourth-order valence-corrected chi connectivity index (χ4v) is 1.48. The molecule has 0 aliphatic carbocycles. The summed E-state index contributed by atoms with van der Waals surface area (Å²) < 4.78 is 39.6. The van der Waals surface area contributed by atoms with Crippen LogP contribution in [0, 0.1) is 11.6 Å². The van der Waals surface area contributed by atoms with E-state index in [1.807, 2.05) is 0 Å². The van der Waals surface area contributed by atoms with Gasteiger partial charge in [0.15, 0.2) is 5.67 Å². The van der Waals surface area contributed by atoms with Crippen molar-refractivity contribution in [1.29, 1.82) is 0 Å². The van der Waals surface area contributed by atoms with Crippen molar-refractivity contribution in [3.05, 3.63) is 35.4 Å². The second-order valence-electron chi connectivity index (χ2n) is 5.05. The average molecular weight is 275 g/mol. The molecule has 3 nitrogen and oxygen atoms in total. The van der Waals surface area contributed by atoms with E-state index in [-0.39, 0.29) is 12.1 Å². The highest BCUT2D eigenvalue weighted by molar-refractivity contribution is 5.84. The maximum absolute atomic E-state index is 13.5. The lowest BCUT2D eigenvalue weighted by Crippen LogP contribution is -2.45. The zero-order valence-electron chi connectivity index (χ0n) is 10.9. The smallest absolute Gasteiger partial charge is 0.257 e. The molecule has 0 saturated carbocycles. The number of rotatable bonds is 4. The quantitative estimate of drug-likeness (QED) is 0.883. The average Bonchev–Trinajstić information content (AvgIpc) is 2.24. The lowest BCUT2D eigenvalue weighted by atomic mass is 9.95. The molecule has 0 heterocycles. The molecular weight excluding hydrogens is 259 g/mol. The van der Waals surface area contributed by atoms with Crippen LogP contribution in [-0.2, 0) is 10.4 Å². The molecule has 1 rings (SSSR count). The summed E-state index contributed by atoms with van der Waals surface area (Å²) in [7, 11) is 0. The van der Waals surface area contributed by atoms with E-state index in [9.17, 15) is 23.1 Å². The maximum atomic E-state index is 13.5. The SMILES string of the molecule is CC(C)(F)C(=O)NCC(C)(O)c1ccc(F)cc1F. The largest absolute Gasteiger partial charge is 0.383 e. The van der Waals surface area contributed by atoms with Crippen LogP contribution in [-0.4, -0.2) is 23.2 Å². The van der Waals surface area contributed by atoms with Crippen molar-refractivity contribution in [3.63, 3.8) is 0 Å². The predicted octanol–water partition coefficient (Wildman–Crippen LogP) is 2.04. The van der Waals surface area contributed by atoms with Gasteiger partial charge in [-0.1, -0.05) is 6.07 Å². The summed E-state index contributed by atoms with van der Waals surface area (Å²) in [5.41, 5.74) is -4.04. The highest BCUT2D eigenvalue weighted by Crippen LogP contribution is 2.23. The Morgan fingerprint density at radius 3 is 2.37 bits per heavy atom. The second kappa shape index (κ2) is 5.21. The van der Waals surface area contributed by atoms with Gasteiger partial charge in [-0.05, 0) is 26.8 Å². The highest BCUT2D eigenvalue weighted by atomic mass is 19.1. The summed E-state index contributed by atoms with van der Waals surface area (Å²) in [5, 5.41) is 12.3. The standard InChI is InChI=1S/C13H16F3NO2/c1-12(2,16)11(18)17-7-13(3,19)9-5-4-8(14)6-10(9)15/h4-6,19H,7H2,1-3H3,(H,17,18). The number of alkyl halides is 1. The molecule has 0 bridgehead atoms. The molecule has 1 aromatic carbocycles. The summed E-state index contributed by atoms with van der Waals surface area (Å²) >= 11 is 0. The van der Waals surface area contributed by atoms with Crippen molar-refractivity contribution < 1.29 is 23.1 Å². The van der Waals surface area contributed by atoms with E-state index < -0.39 is 28.8 Å². The first-order valence-corrected chi connectivity index (χ1v) is 5.69. The lowest BCUT2D eigenvalue weighted by molar-refractivity contribution is -0.132. The Bertz CT molecular complexity index is 481. The predicted molar refractivity (Wildman–Crippen MR) is 64.1 cm³/mol. The van der Waals surface area contributed by atoms with Gasteiger partial charge in [0.05, 0.1) is 6.54 Å². The van der Waals surface area contributed by atoms with Gasteiger partial charge in [0.25, 0.3) is 5.91 Å². The van der Waals surface area contributed by atoms with Gasteiger partial charge in [0.2, 0.25) is 0 Å². The van der Waals surface area contributed by atoms with E-state index in [2.05, 4.69) is 5.32 Å². The van der Waals surface area contributed by atoms with Crippen LogP contribution in [0.5, 0.6) is 0 Å². The third kappa shape index (κ3) is 3.96. The minimum Gasteiger partial charge on any atom is -0.383 e. The molecule has 0 spiro atoms. The fraction of sp³-hybridized carbons (Fsp3) is 0.462. The molecule has 1 unspecified atom stereocenters. The monoisotopic (exact) mass is 275 g/mol. The van der Waals surface area contributed by atoms with Crippen molar-refractivity contribution in [2.75, 3.05) is 6.54 Å². The molecule has 106 valence electrons.